The summed E-state index contributed by atoms with van der Waals surface area (Å²) in [6.07, 6.45) is 101. The molecule has 0 fully saturated rings. The highest BCUT2D eigenvalue weighted by Gasteiger charge is 2.16. The zero-order chi connectivity index (χ0) is 59.1. The van der Waals surface area contributed by atoms with E-state index in [1.807, 2.05) is 0 Å². The van der Waals surface area contributed by atoms with E-state index in [9.17, 15) is 14.7 Å². The summed E-state index contributed by atoms with van der Waals surface area (Å²) >= 11 is 0. The molecule has 5 heteroatoms. The second kappa shape index (κ2) is 72.6. The minimum atomic E-state index is -0.776. The number of aliphatic hydroxyl groups is 1. The molecule has 0 heterocycles. The lowest BCUT2D eigenvalue weighted by Crippen LogP contribution is -2.28. The summed E-state index contributed by atoms with van der Waals surface area (Å²) in [4.78, 5) is 24.7. The van der Waals surface area contributed by atoms with Crippen molar-refractivity contribution in [1.29, 1.82) is 0 Å². The summed E-state index contributed by atoms with van der Waals surface area (Å²) in [5.41, 5.74) is 0. The van der Waals surface area contributed by atoms with E-state index in [0.29, 0.717) is 12.8 Å². The number of ether oxygens (including phenoxy) is 2. The Hall–Kier alpha value is -2.66. The van der Waals surface area contributed by atoms with Crippen LogP contribution in [0.25, 0.3) is 0 Å². The first-order chi connectivity index (χ1) is 40.6. The molecule has 0 aliphatic rings. The summed E-state index contributed by atoms with van der Waals surface area (Å²) < 4.78 is 10.8. The molecule has 1 N–H and O–H groups in total. The average Bonchev–Trinajstić information content (AvgIpc) is 3.49. The minimum Gasteiger partial charge on any atom is -0.462 e. The number of carbonyl (C=O) groups is 2. The van der Waals surface area contributed by atoms with Gasteiger partial charge in [-0.2, -0.15) is 0 Å². The highest BCUT2D eigenvalue weighted by Crippen LogP contribution is 2.19. The first-order valence-electron chi connectivity index (χ1n) is 36.5. The molecule has 0 saturated heterocycles. The summed E-state index contributed by atoms with van der Waals surface area (Å²) in [5, 5.41) is 9.71. The van der Waals surface area contributed by atoms with Gasteiger partial charge >= 0.3 is 11.9 Å². The Bertz CT molecular complexity index is 1440. The third-order valence-corrected chi connectivity index (χ3v) is 16.5. The minimum absolute atomic E-state index is 0.0644. The first-order valence-corrected chi connectivity index (χ1v) is 36.5. The fraction of sp³-hybridized carbons (Fsp3) is 0.818. The maximum Gasteiger partial charge on any atom is 0.306 e. The van der Waals surface area contributed by atoms with Gasteiger partial charge in [0.05, 0.1) is 6.61 Å². The number of rotatable bonds is 68. The molecule has 0 aromatic carbocycles. The molecule has 478 valence electrons. The Morgan fingerprint density at radius 2 is 0.524 bits per heavy atom. The predicted molar refractivity (Wildman–Crippen MR) is 362 cm³/mol. The second-order valence-corrected chi connectivity index (χ2v) is 24.7. The molecule has 0 aliphatic carbocycles. The largest absolute Gasteiger partial charge is 0.462 e. The van der Waals surface area contributed by atoms with Gasteiger partial charge in [0.2, 0.25) is 0 Å². The monoisotopic (exact) mass is 1150 g/mol. The SMILES string of the molecule is CC/C=C\C/C=C\C/C=C\C/C=C\C/C=C\C/C=C\CCCCCCCCCCCCCCC(=O)OC(CO)COC(=O)CCCCCCCCCCCCCCCCCCCCCCCCCCCCCCCCCCCCCCC. The molecule has 1 unspecified atom stereocenters. The lowest BCUT2D eigenvalue weighted by atomic mass is 10.0. The van der Waals surface area contributed by atoms with E-state index in [1.54, 1.807) is 0 Å². The summed E-state index contributed by atoms with van der Waals surface area (Å²) in [5.74, 6) is -0.576. The van der Waals surface area contributed by atoms with Gasteiger partial charge < -0.3 is 14.6 Å². The highest BCUT2D eigenvalue weighted by molar-refractivity contribution is 5.70. The third-order valence-electron chi connectivity index (χ3n) is 16.5. The van der Waals surface area contributed by atoms with Crippen molar-refractivity contribution in [2.24, 2.45) is 0 Å². The number of aliphatic hydroxyl groups excluding tert-OH is 1. The number of allylic oxidation sites excluding steroid dienone is 12. The van der Waals surface area contributed by atoms with Gasteiger partial charge in [-0.1, -0.05) is 382 Å². The zero-order valence-electron chi connectivity index (χ0n) is 55.0. The molecular weight excluding hydrogens is 1000 g/mol. The van der Waals surface area contributed by atoms with Crippen LogP contribution in [0.5, 0.6) is 0 Å². The summed E-state index contributed by atoms with van der Waals surface area (Å²) in [7, 11) is 0. The van der Waals surface area contributed by atoms with E-state index < -0.39 is 6.10 Å². The predicted octanol–water partition coefficient (Wildman–Crippen LogP) is 25.4. The number of unbranched alkanes of at least 4 members (excludes halogenated alkanes) is 48. The van der Waals surface area contributed by atoms with Crippen LogP contribution in [0.2, 0.25) is 0 Å². The van der Waals surface area contributed by atoms with Gasteiger partial charge in [0.1, 0.15) is 6.61 Å². The van der Waals surface area contributed by atoms with Crippen molar-refractivity contribution in [3.63, 3.8) is 0 Å². The van der Waals surface area contributed by atoms with Gasteiger partial charge in [-0.3, -0.25) is 9.59 Å². The van der Waals surface area contributed by atoms with Crippen molar-refractivity contribution in [3.8, 4) is 0 Å². The van der Waals surface area contributed by atoms with E-state index in [-0.39, 0.29) is 25.2 Å². The van der Waals surface area contributed by atoms with Gasteiger partial charge in [0, 0.05) is 12.8 Å². The van der Waals surface area contributed by atoms with Crippen molar-refractivity contribution in [3.05, 3.63) is 72.9 Å². The summed E-state index contributed by atoms with van der Waals surface area (Å²) in [6, 6.07) is 0. The fourth-order valence-corrected chi connectivity index (χ4v) is 11.1. The molecule has 0 aromatic heterocycles. The molecule has 0 radical (unpaired) electrons. The van der Waals surface area contributed by atoms with Crippen LogP contribution in [0.15, 0.2) is 72.9 Å². The van der Waals surface area contributed by atoms with Crippen LogP contribution in [0.4, 0.5) is 0 Å². The lowest BCUT2D eigenvalue weighted by molar-refractivity contribution is -0.161. The quantitative estimate of drug-likeness (QED) is 0.0373. The van der Waals surface area contributed by atoms with Crippen LogP contribution >= 0.6 is 0 Å². The molecule has 0 aliphatic heterocycles. The van der Waals surface area contributed by atoms with E-state index in [4.69, 9.17) is 9.47 Å². The third kappa shape index (κ3) is 69.8. The van der Waals surface area contributed by atoms with Gasteiger partial charge in [0.15, 0.2) is 6.10 Å². The molecule has 5 nitrogen and oxygen atoms in total. The number of carbonyl (C=O) groups excluding carboxylic acids is 2. The molecule has 0 rings (SSSR count). The van der Waals surface area contributed by atoms with E-state index in [1.165, 1.54) is 283 Å². The second-order valence-electron chi connectivity index (χ2n) is 24.7. The Labute approximate surface area is 512 Å². The molecule has 0 amide bonds. The molecule has 0 spiro atoms. The Morgan fingerprint density at radius 1 is 0.293 bits per heavy atom. The van der Waals surface area contributed by atoms with Crippen LogP contribution in [0.1, 0.15) is 386 Å². The molecule has 1 atom stereocenters. The first kappa shape index (κ1) is 79.3. The smallest absolute Gasteiger partial charge is 0.306 e. The van der Waals surface area contributed by atoms with E-state index in [2.05, 4.69) is 86.8 Å². The Morgan fingerprint density at radius 3 is 0.793 bits per heavy atom. The fourth-order valence-electron chi connectivity index (χ4n) is 11.1. The molecule has 82 heavy (non-hydrogen) atoms. The van der Waals surface area contributed by atoms with Crippen LogP contribution < -0.4 is 0 Å². The maximum absolute atomic E-state index is 12.4. The van der Waals surface area contributed by atoms with Crippen LogP contribution in [-0.2, 0) is 19.1 Å². The normalized spacial score (nSPS) is 12.6. The maximum atomic E-state index is 12.4. The highest BCUT2D eigenvalue weighted by atomic mass is 16.6. The average molecular weight is 1150 g/mol. The zero-order valence-corrected chi connectivity index (χ0v) is 55.0. The van der Waals surface area contributed by atoms with Crippen LogP contribution in [0, 0.1) is 0 Å². The van der Waals surface area contributed by atoms with Gasteiger partial charge in [-0.05, 0) is 64.2 Å². The number of hydrogen-bond donors (Lipinski definition) is 1. The van der Waals surface area contributed by atoms with Crippen molar-refractivity contribution in [2.45, 2.75) is 392 Å². The van der Waals surface area contributed by atoms with Crippen molar-refractivity contribution < 1.29 is 24.2 Å². The number of hydrogen-bond acceptors (Lipinski definition) is 5. The standard InChI is InChI=1S/C77H140O5/c1-3-5-7-9-11-13-15-17-19-21-23-25-27-29-31-33-35-36-37-38-39-40-42-43-45-47-49-51-53-55-57-59-61-63-65-67-69-71-76(79)81-74-75(73-78)82-77(80)72-70-68-66-64-62-60-58-56-54-52-50-48-46-44-41-34-32-30-28-26-24-22-20-18-16-14-12-10-8-6-4-2/h6,8,12,14,18,20,24,26,30,32,41,44,75,78H,3-5,7,9-11,13,15-17,19,21-23,25,27-29,31,33-40,42-43,45-74H2,1-2H3/b8-6-,14-12-,20-18-,26-24-,32-30-,44-41-. The Balaban J connectivity index is 3.41. The van der Waals surface area contributed by atoms with Crippen LogP contribution in [0.3, 0.4) is 0 Å². The number of esters is 2. The van der Waals surface area contributed by atoms with Crippen molar-refractivity contribution in [1.82, 2.24) is 0 Å². The van der Waals surface area contributed by atoms with E-state index >= 15 is 0 Å². The molecular formula is C77H140O5. The molecule has 0 aromatic rings. The van der Waals surface area contributed by atoms with Crippen molar-refractivity contribution >= 4 is 11.9 Å². The lowest BCUT2D eigenvalue weighted by Gasteiger charge is -2.15. The van der Waals surface area contributed by atoms with Crippen molar-refractivity contribution in [2.75, 3.05) is 13.2 Å². The Kier molecular flexibility index (Phi) is 70.2. The van der Waals surface area contributed by atoms with E-state index in [0.717, 1.165) is 77.0 Å². The summed E-state index contributed by atoms with van der Waals surface area (Å²) in [6.45, 7) is 4.08. The van der Waals surface area contributed by atoms with Crippen LogP contribution in [-0.4, -0.2) is 36.4 Å². The molecule has 0 saturated carbocycles. The molecule has 0 bridgehead atoms. The van der Waals surface area contributed by atoms with Gasteiger partial charge in [-0.25, -0.2) is 0 Å². The topological polar surface area (TPSA) is 72.8 Å². The van der Waals surface area contributed by atoms with Gasteiger partial charge in [-0.15, -0.1) is 0 Å². The van der Waals surface area contributed by atoms with Gasteiger partial charge in [0.25, 0.3) is 0 Å².